The Kier molecular flexibility index (Phi) is 4.68. The Morgan fingerprint density at radius 3 is 2.90 bits per heavy atom. The second-order valence-corrected chi connectivity index (χ2v) is 4.49. The van der Waals surface area contributed by atoms with Gasteiger partial charge in [-0.25, -0.2) is 4.39 Å². The lowest BCUT2D eigenvalue weighted by atomic mass is 10.1. The first-order chi connectivity index (χ1) is 9.60. The van der Waals surface area contributed by atoms with Crippen LogP contribution in [0.15, 0.2) is 22.7 Å². The molecule has 2 aromatic rings. The number of hydrogen-bond acceptors (Lipinski definition) is 5. The maximum atomic E-state index is 13.4. The minimum absolute atomic E-state index is 0.00452. The smallest absolute Gasteiger partial charge is 0.264 e. The molecule has 0 saturated carbocycles. The number of halogens is 1. The van der Waals surface area contributed by atoms with E-state index in [2.05, 4.69) is 15.5 Å². The molecule has 0 radical (unpaired) electrons. The Labute approximate surface area is 117 Å². The molecule has 1 heterocycles. The van der Waals surface area contributed by atoms with E-state index in [-0.39, 0.29) is 18.5 Å². The van der Waals surface area contributed by atoms with Crippen molar-refractivity contribution < 1.29 is 13.7 Å². The van der Waals surface area contributed by atoms with Gasteiger partial charge < -0.3 is 14.6 Å². The van der Waals surface area contributed by atoms with E-state index in [1.165, 1.54) is 12.1 Å². The summed E-state index contributed by atoms with van der Waals surface area (Å²) in [6.07, 6.45) is 0. The molecule has 1 unspecified atom stereocenters. The minimum Gasteiger partial charge on any atom is -0.483 e. The molecule has 108 valence electrons. The summed E-state index contributed by atoms with van der Waals surface area (Å²) in [5.41, 5.74) is 0.767. The van der Waals surface area contributed by atoms with Gasteiger partial charge in [0.25, 0.3) is 5.89 Å². The fourth-order valence-electron chi connectivity index (χ4n) is 1.94. The fraction of sp³-hybridized carbons (Fsp3) is 0.429. The molecule has 6 heteroatoms. The van der Waals surface area contributed by atoms with Crippen molar-refractivity contribution >= 4 is 0 Å². The van der Waals surface area contributed by atoms with Crippen molar-refractivity contribution in [2.24, 2.45) is 0 Å². The number of aromatic nitrogens is 2. The van der Waals surface area contributed by atoms with Crippen LogP contribution in [0.2, 0.25) is 0 Å². The SMILES string of the molecule is CCNC(C)c1cc(F)ccc1OCc1nc(C)no1. The third-order valence-electron chi connectivity index (χ3n) is 2.87. The molecule has 0 spiro atoms. The van der Waals surface area contributed by atoms with Crippen LogP contribution < -0.4 is 10.1 Å². The second kappa shape index (κ2) is 6.47. The van der Waals surface area contributed by atoms with E-state index in [0.29, 0.717) is 17.5 Å². The molecule has 0 amide bonds. The summed E-state index contributed by atoms with van der Waals surface area (Å²) in [6, 6.07) is 4.45. The van der Waals surface area contributed by atoms with Crippen LogP contribution in [0.1, 0.15) is 37.2 Å². The Morgan fingerprint density at radius 1 is 1.45 bits per heavy atom. The predicted octanol–water partition coefficient (Wildman–Crippen LogP) is 2.77. The Hall–Kier alpha value is -1.95. The molecule has 0 saturated heterocycles. The van der Waals surface area contributed by atoms with Crippen molar-refractivity contribution in [2.75, 3.05) is 6.54 Å². The molecule has 1 N–H and O–H groups in total. The van der Waals surface area contributed by atoms with Gasteiger partial charge in [-0.1, -0.05) is 12.1 Å². The minimum atomic E-state index is -0.286. The Bertz CT molecular complexity index is 571. The molecule has 0 aliphatic carbocycles. The summed E-state index contributed by atoms with van der Waals surface area (Å²) >= 11 is 0. The number of aryl methyl sites for hydroxylation is 1. The average Bonchev–Trinajstić information content (AvgIpc) is 2.83. The monoisotopic (exact) mass is 279 g/mol. The summed E-state index contributed by atoms with van der Waals surface area (Å²) < 4.78 is 24.0. The molecule has 1 atom stereocenters. The summed E-state index contributed by atoms with van der Waals surface area (Å²) in [5, 5.41) is 6.93. The number of benzene rings is 1. The van der Waals surface area contributed by atoms with Gasteiger partial charge in [0, 0.05) is 11.6 Å². The zero-order chi connectivity index (χ0) is 14.5. The van der Waals surface area contributed by atoms with Gasteiger partial charge in [0.05, 0.1) is 0 Å². The topological polar surface area (TPSA) is 60.2 Å². The Morgan fingerprint density at radius 2 is 2.25 bits per heavy atom. The molecular weight excluding hydrogens is 261 g/mol. The van der Waals surface area contributed by atoms with E-state index in [9.17, 15) is 4.39 Å². The summed E-state index contributed by atoms with van der Waals surface area (Å²) in [4.78, 5) is 4.06. The van der Waals surface area contributed by atoms with Crippen molar-refractivity contribution in [3.63, 3.8) is 0 Å². The van der Waals surface area contributed by atoms with Gasteiger partial charge >= 0.3 is 0 Å². The first-order valence-electron chi connectivity index (χ1n) is 6.55. The standard InChI is InChI=1S/C14H18FN3O2/c1-4-16-9(2)12-7-11(15)5-6-13(12)19-8-14-17-10(3)18-20-14/h5-7,9,16H,4,8H2,1-3H3. The van der Waals surface area contributed by atoms with E-state index in [1.807, 2.05) is 13.8 Å². The van der Waals surface area contributed by atoms with E-state index < -0.39 is 0 Å². The summed E-state index contributed by atoms with van der Waals surface area (Å²) in [5.74, 6) is 1.28. The highest BCUT2D eigenvalue weighted by molar-refractivity contribution is 5.36. The van der Waals surface area contributed by atoms with Gasteiger partial charge in [-0.2, -0.15) is 4.98 Å². The van der Waals surface area contributed by atoms with Crippen molar-refractivity contribution in [1.29, 1.82) is 0 Å². The lowest BCUT2D eigenvalue weighted by Gasteiger charge is -2.17. The molecular formula is C14H18FN3O2. The van der Waals surface area contributed by atoms with Crippen LogP contribution >= 0.6 is 0 Å². The lowest BCUT2D eigenvalue weighted by Crippen LogP contribution is -2.18. The van der Waals surface area contributed by atoms with E-state index >= 15 is 0 Å². The molecule has 1 aromatic carbocycles. The normalized spacial score (nSPS) is 12.4. The molecule has 0 fully saturated rings. The quantitative estimate of drug-likeness (QED) is 0.881. The number of ether oxygens (including phenoxy) is 1. The molecule has 2 rings (SSSR count). The van der Waals surface area contributed by atoms with Crippen LogP contribution in [0.5, 0.6) is 5.75 Å². The number of nitrogens with zero attached hydrogens (tertiary/aromatic N) is 2. The third-order valence-corrected chi connectivity index (χ3v) is 2.87. The first-order valence-corrected chi connectivity index (χ1v) is 6.55. The maximum Gasteiger partial charge on any atom is 0.264 e. The zero-order valence-corrected chi connectivity index (χ0v) is 11.8. The summed E-state index contributed by atoms with van der Waals surface area (Å²) in [7, 11) is 0. The van der Waals surface area contributed by atoms with Gasteiger partial charge in [-0.3, -0.25) is 0 Å². The van der Waals surface area contributed by atoms with Gasteiger partial charge in [-0.15, -0.1) is 0 Å². The molecule has 5 nitrogen and oxygen atoms in total. The second-order valence-electron chi connectivity index (χ2n) is 4.49. The average molecular weight is 279 g/mol. The van der Waals surface area contributed by atoms with Crippen LogP contribution in [-0.2, 0) is 6.61 Å². The van der Waals surface area contributed by atoms with Crippen LogP contribution in [0, 0.1) is 12.7 Å². The maximum absolute atomic E-state index is 13.4. The van der Waals surface area contributed by atoms with Crippen LogP contribution in [0.3, 0.4) is 0 Å². The third kappa shape index (κ3) is 3.54. The van der Waals surface area contributed by atoms with E-state index in [1.54, 1.807) is 13.0 Å². The summed E-state index contributed by atoms with van der Waals surface area (Å²) in [6.45, 7) is 6.65. The molecule has 0 aliphatic heterocycles. The van der Waals surface area contributed by atoms with Crippen molar-refractivity contribution in [3.05, 3.63) is 41.3 Å². The highest BCUT2D eigenvalue weighted by atomic mass is 19.1. The van der Waals surface area contributed by atoms with E-state index in [0.717, 1.165) is 12.1 Å². The first kappa shape index (κ1) is 14.5. The van der Waals surface area contributed by atoms with Crippen LogP contribution in [-0.4, -0.2) is 16.7 Å². The highest BCUT2D eigenvalue weighted by Gasteiger charge is 2.13. The number of nitrogens with one attached hydrogen (secondary N) is 1. The van der Waals surface area contributed by atoms with Gasteiger partial charge in [-0.05, 0) is 38.6 Å². The van der Waals surface area contributed by atoms with Gasteiger partial charge in [0.15, 0.2) is 12.4 Å². The van der Waals surface area contributed by atoms with Gasteiger partial charge in [0.2, 0.25) is 0 Å². The molecule has 0 aliphatic rings. The highest BCUT2D eigenvalue weighted by Crippen LogP contribution is 2.26. The molecule has 1 aromatic heterocycles. The van der Waals surface area contributed by atoms with Crippen molar-refractivity contribution in [1.82, 2.24) is 15.5 Å². The fourth-order valence-corrected chi connectivity index (χ4v) is 1.94. The van der Waals surface area contributed by atoms with Crippen LogP contribution in [0.25, 0.3) is 0 Å². The zero-order valence-electron chi connectivity index (χ0n) is 11.8. The van der Waals surface area contributed by atoms with Crippen LogP contribution in [0.4, 0.5) is 4.39 Å². The largest absolute Gasteiger partial charge is 0.483 e. The van der Waals surface area contributed by atoms with Crippen molar-refractivity contribution in [2.45, 2.75) is 33.4 Å². The molecule has 0 bridgehead atoms. The Balaban J connectivity index is 2.13. The number of rotatable bonds is 6. The van der Waals surface area contributed by atoms with Gasteiger partial charge in [0.1, 0.15) is 11.6 Å². The molecule has 20 heavy (non-hydrogen) atoms. The number of hydrogen-bond donors (Lipinski definition) is 1. The van der Waals surface area contributed by atoms with Crippen molar-refractivity contribution in [3.8, 4) is 5.75 Å². The van der Waals surface area contributed by atoms with E-state index in [4.69, 9.17) is 9.26 Å². The predicted molar refractivity (Wildman–Crippen MR) is 71.9 cm³/mol. The lowest BCUT2D eigenvalue weighted by molar-refractivity contribution is 0.239.